The van der Waals surface area contributed by atoms with Gasteiger partial charge in [0.05, 0.1) is 0 Å². The van der Waals surface area contributed by atoms with Gasteiger partial charge in [-0.3, -0.25) is 4.74 Å². The molecule has 0 heterocycles. The van der Waals surface area contributed by atoms with Crippen LogP contribution in [0.2, 0.25) is 0 Å². The number of carbonyl (C=O) groups is 2. The van der Waals surface area contributed by atoms with Crippen molar-refractivity contribution in [2.45, 2.75) is 90.6 Å². The van der Waals surface area contributed by atoms with Crippen LogP contribution in [0.25, 0.3) is 0 Å². The van der Waals surface area contributed by atoms with E-state index in [9.17, 15) is 9.59 Å². The van der Waals surface area contributed by atoms with Crippen LogP contribution in [-0.4, -0.2) is 23.5 Å². The highest BCUT2D eigenvalue weighted by molar-refractivity contribution is 5.82. The maximum atomic E-state index is 12.2. The molecule has 5 heteroatoms. The van der Waals surface area contributed by atoms with Gasteiger partial charge in [0.1, 0.15) is 0 Å². The second kappa shape index (κ2) is 9.92. The Kier molecular flexibility index (Phi) is 8.10. The minimum Gasteiger partial charge on any atom is -0.430 e. The highest BCUT2D eigenvalue weighted by Crippen LogP contribution is 2.48. The summed E-state index contributed by atoms with van der Waals surface area (Å²) in [6.07, 6.45) is 8.46. The summed E-state index contributed by atoms with van der Waals surface area (Å²) in [5.74, 6) is -1.40. The Labute approximate surface area is 175 Å². The van der Waals surface area contributed by atoms with Crippen molar-refractivity contribution in [2.75, 3.05) is 0 Å². The molecule has 0 aliphatic heterocycles. The van der Waals surface area contributed by atoms with Crippen molar-refractivity contribution in [1.82, 2.24) is 0 Å². The number of carbonyl (C=O) groups excluding carboxylic acids is 2. The van der Waals surface area contributed by atoms with Crippen molar-refractivity contribution in [3.8, 4) is 0 Å². The van der Waals surface area contributed by atoms with Gasteiger partial charge in [0.25, 0.3) is 0 Å². The van der Waals surface area contributed by atoms with E-state index >= 15 is 0 Å². The zero-order valence-corrected chi connectivity index (χ0v) is 18.6. The van der Waals surface area contributed by atoms with Gasteiger partial charge in [0.15, 0.2) is 0 Å². The van der Waals surface area contributed by atoms with Gasteiger partial charge < -0.3 is 9.47 Å². The first-order chi connectivity index (χ1) is 13.7. The first-order valence-corrected chi connectivity index (χ1v) is 11.1. The van der Waals surface area contributed by atoms with Gasteiger partial charge >= 0.3 is 11.9 Å². The van der Waals surface area contributed by atoms with E-state index in [0.29, 0.717) is 49.4 Å². The molecule has 2 rings (SSSR count). The zero-order valence-electron chi connectivity index (χ0n) is 18.6. The Morgan fingerprint density at radius 1 is 0.862 bits per heavy atom. The van der Waals surface area contributed by atoms with E-state index in [-0.39, 0.29) is 0 Å². The fraction of sp³-hybridized carbons (Fsp3) is 0.750. The molecular weight excluding hydrogens is 368 g/mol. The lowest BCUT2D eigenvalue weighted by atomic mass is 9.74. The van der Waals surface area contributed by atoms with E-state index in [1.807, 2.05) is 0 Å². The van der Waals surface area contributed by atoms with E-state index in [1.54, 1.807) is 0 Å². The van der Waals surface area contributed by atoms with Crippen LogP contribution in [0.5, 0.6) is 0 Å². The molecule has 0 radical (unpaired) electrons. The van der Waals surface area contributed by atoms with Gasteiger partial charge in [-0.2, -0.15) is 0 Å². The number of hydrogen-bond acceptors (Lipinski definition) is 5. The Hall–Kier alpha value is -1.62. The van der Waals surface area contributed by atoms with E-state index in [2.05, 4.69) is 40.9 Å². The Morgan fingerprint density at radius 3 is 1.55 bits per heavy atom. The maximum Gasteiger partial charge on any atom is 0.332 e. The van der Waals surface area contributed by atoms with Gasteiger partial charge in [0, 0.05) is 37.8 Å². The zero-order chi connectivity index (χ0) is 21.7. The normalized spacial score (nSPS) is 37.4. The maximum absolute atomic E-state index is 12.2. The fourth-order valence-corrected chi connectivity index (χ4v) is 5.07. The van der Waals surface area contributed by atoms with Crippen LogP contribution in [0, 0.1) is 23.7 Å². The van der Waals surface area contributed by atoms with Crippen LogP contribution in [0.3, 0.4) is 0 Å². The Bertz CT molecular complexity index is 562. The summed E-state index contributed by atoms with van der Waals surface area (Å²) in [7, 11) is 0. The number of esters is 2. The van der Waals surface area contributed by atoms with Crippen molar-refractivity contribution in [1.29, 1.82) is 0 Å². The summed E-state index contributed by atoms with van der Waals surface area (Å²) in [4.78, 5) is 24.4. The molecule has 5 nitrogen and oxygen atoms in total. The average Bonchev–Trinajstić information content (AvgIpc) is 2.71. The highest BCUT2D eigenvalue weighted by Gasteiger charge is 2.52. The standard InChI is InChI=1S/C24H38O5/c1-7-19-15-23(13-11-17(19)5,27-21(25)9-3)29-24(28-22(26)10-4)14-12-18(6)20(8-2)16-24/h9-10,17-20H,3-4,7-8,11-16H2,1-2,5-6H3. The van der Waals surface area contributed by atoms with Gasteiger partial charge in [0.2, 0.25) is 11.6 Å². The van der Waals surface area contributed by atoms with Gasteiger partial charge in [-0.25, -0.2) is 9.59 Å². The van der Waals surface area contributed by atoms with Crippen LogP contribution in [0.4, 0.5) is 0 Å². The molecule has 0 spiro atoms. The van der Waals surface area contributed by atoms with Crippen LogP contribution in [0.1, 0.15) is 79.1 Å². The van der Waals surface area contributed by atoms with Gasteiger partial charge in [-0.1, -0.05) is 53.7 Å². The summed E-state index contributed by atoms with van der Waals surface area (Å²) in [5, 5.41) is 0. The minimum atomic E-state index is -1.10. The number of ether oxygens (including phenoxy) is 3. The molecule has 0 aromatic rings. The minimum absolute atomic E-state index is 0.373. The lowest BCUT2D eigenvalue weighted by Gasteiger charge is -2.50. The topological polar surface area (TPSA) is 61.8 Å². The van der Waals surface area contributed by atoms with Gasteiger partial charge in [-0.05, 0) is 36.5 Å². The van der Waals surface area contributed by atoms with Crippen LogP contribution >= 0.6 is 0 Å². The van der Waals surface area contributed by atoms with Crippen molar-refractivity contribution >= 4 is 11.9 Å². The second-order valence-corrected chi connectivity index (χ2v) is 8.95. The predicted molar refractivity (Wildman–Crippen MR) is 113 cm³/mol. The largest absolute Gasteiger partial charge is 0.430 e. The van der Waals surface area contributed by atoms with Crippen molar-refractivity contribution in [3.05, 3.63) is 25.3 Å². The summed E-state index contributed by atoms with van der Waals surface area (Å²) >= 11 is 0. The molecule has 2 aliphatic carbocycles. The molecule has 0 N–H and O–H groups in total. The molecular formula is C24H38O5. The number of rotatable bonds is 8. The SMILES string of the molecule is C=CC(=O)OC1(OC2(OC(=O)C=C)CCC(C)C(CC)C2)CCC(C)C(CC)C1. The van der Waals surface area contributed by atoms with E-state index < -0.39 is 23.5 Å². The van der Waals surface area contributed by atoms with Crippen LogP contribution < -0.4 is 0 Å². The first kappa shape index (κ1) is 23.7. The third kappa shape index (κ3) is 5.71. The third-order valence-corrected chi connectivity index (χ3v) is 7.04. The third-order valence-electron chi connectivity index (χ3n) is 7.04. The molecule has 6 atom stereocenters. The molecule has 2 aliphatic rings. The second-order valence-electron chi connectivity index (χ2n) is 8.95. The van der Waals surface area contributed by atoms with Crippen LogP contribution in [-0.2, 0) is 23.8 Å². The molecule has 0 aromatic heterocycles. The average molecular weight is 407 g/mol. The van der Waals surface area contributed by atoms with Crippen LogP contribution in [0.15, 0.2) is 25.3 Å². The van der Waals surface area contributed by atoms with Crippen molar-refractivity contribution in [3.63, 3.8) is 0 Å². The van der Waals surface area contributed by atoms with E-state index in [1.165, 1.54) is 12.2 Å². The molecule has 2 fully saturated rings. The van der Waals surface area contributed by atoms with E-state index in [4.69, 9.17) is 14.2 Å². The predicted octanol–water partition coefficient (Wildman–Crippen LogP) is 5.55. The fourth-order valence-electron chi connectivity index (χ4n) is 5.07. The molecule has 0 amide bonds. The lowest BCUT2D eigenvalue weighted by molar-refractivity contribution is -0.361. The van der Waals surface area contributed by atoms with Gasteiger partial charge in [-0.15, -0.1) is 0 Å². The molecule has 164 valence electrons. The molecule has 0 bridgehead atoms. The molecule has 29 heavy (non-hydrogen) atoms. The molecule has 0 saturated heterocycles. The Balaban J connectivity index is 2.38. The van der Waals surface area contributed by atoms with E-state index in [0.717, 1.165) is 25.7 Å². The Morgan fingerprint density at radius 2 is 1.24 bits per heavy atom. The smallest absolute Gasteiger partial charge is 0.332 e. The molecule has 0 aromatic carbocycles. The van der Waals surface area contributed by atoms with Crippen molar-refractivity contribution in [2.24, 2.45) is 23.7 Å². The molecule has 2 saturated carbocycles. The first-order valence-electron chi connectivity index (χ1n) is 11.1. The molecule has 6 unspecified atom stereocenters. The summed E-state index contributed by atoms with van der Waals surface area (Å²) in [5.41, 5.74) is 0. The summed E-state index contributed by atoms with van der Waals surface area (Å²) in [6, 6.07) is 0. The summed E-state index contributed by atoms with van der Waals surface area (Å²) in [6.45, 7) is 15.8. The highest BCUT2D eigenvalue weighted by atomic mass is 16.8. The van der Waals surface area contributed by atoms with Crippen molar-refractivity contribution < 1.29 is 23.8 Å². The monoisotopic (exact) mass is 406 g/mol. The number of hydrogen-bond donors (Lipinski definition) is 0. The summed E-state index contributed by atoms with van der Waals surface area (Å²) < 4.78 is 18.3. The lowest BCUT2D eigenvalue weighted by Crippen LogP contribution is -2.54. The quantitative estimate of drug-likeness (QED) is 0.301.